The number of aliphatic hydroxyl groups excluding tert-OH is 1. The number of carbonyl (C=O) groups is 1. The minimum absolute atomic E-state index is 0.0425. The first-order valence-corrected chi connectivity index (χ1v) is 16.6. The number of nitrogens with one attached hydrogen (secondary N) is 1. The Morgan fingerprint density at radius 1 is 1.16 bits per heavy atom. The predicted octanol–water partition coefficient (Wildman–Crippen LogP) is 3.80. The van der Waals surface area contributed by atoms with Crippen molar-refractivity contribution < 1.29 is 42.5 Å². The van der Waals surface area contributed by atoms with Crippen molar-refractivity contribution in [1.82, 2.24) is 9.62 Å². The van der Waals surface area contributed by atoms with Gasteiger partial charge in [0, 0.05) is 13.1 Å². The van der Waals surface area contributed by atoms with Crippen LogP contribution in [0.1, 0.15) is 45.6 Å². The molecule has 4 rings (SSSR count). The van der Waals surface area contributed by atoms with E-state index in [1.807, 2.05) is 44.2 Å². The van der Waals surface area contributed by atoms with Gasteiger partial charge < -0.3 is 34.6 Å². The molecule has 12 nitrogen and oxygen atoms in total. The van der Waals surface area contributed by atoms with E-state index in [2.05, 4.69) is 10.5 Å². The zero-order valence-electron chi connectivity index (χ0n) is 26.3. The number of benzene rings is 2. The molecule has 2 fully saturated rings. The normalized spacial score (nSPS) is 21.7. The van der Waals surface area contributed by atoms with E-state index in [1.165, 1.54) is 23.5 Å². The van der Waals surface area contributed by atoms with Gasteiger partial charge in [-0.3, -0.25) is 0 Å². The number of amides is 1. The van der Waals surface area contributed by atoms with Crippen LogP contribution in [0.25, 0.3) is 0 Å². The van der Waals surface area contributed by atoms with Crippen molar-refractivity contribution in [3.8, 4) is 5.75 Å². The molecule has 0 spiro atoms. The summed E-state index contributed by atoms with van der Waals surface area (Å²) in [6.07, 6.45) is -0.947. The Morgan fingerprint density at radius 2 is 1.87 bits per heavy atom. The maximum absolute atomic E-state index is 14.1. The molecule has 3 N–H and O–H groups in total. The zero-order valence-corrected chi connectivity index (χ0v) is 27.1. The predicted molar refractivity (Wildman–Crippen MR) is 167 cm³/mol. The van der Waals surface area contributed by atoms with E-state index in [0.717, 1.165) is 12.0 Å². The van der Waals surface area contributed by atoms with Gasteiger partial charge in [-0.1, -0.05) is 49.3 Å². The van der Waals surface area contributed by atoms with Crippen LogP contribution >= 0.6 is 0 Å². The quantitative estimate of drug-likeness (QED) is 0.149. The number of hydrogen-bond donors (Lipinski definition) is 3. The standard InChI is InChI=1S/C32H45N3O9S/c1-22(34-38)14-16-32(2,3)21-35(45(39,40)25-12-10-24(41-4)11-13-25)19-28(36)27(18-23-8-6-5-7-9-23)33-31(37)44-29-20-43-30-26(29)15-17-42-30/h5-13,26-30,36,38H,14-21H2,1-4H3,(H,33,37)/t26?,27-,28?,29?,30?/m0/s1. The highest BCUT2D eigenvalue weighted by Crippen LogP contribution is 2.33. The van der Waals surface area contributed by atoms with Crippen molar-refractivity contribution in [3.63, 3.8) is 0 Å². The maximum atomic E-state index is 14.1. The van der Waals surface area contributed by atoms with Crippen molar-refractivity contribution in [2.75, 3.05) is 33.4 Å². The first-order valence-electron chi connectivity index (χ1n) is 15.2. The average molecular weight is 648 g/mol. The number of nitrogens with zero attached hydrogens (tertiary/aromatic N) is 2. The Bertz CT molecular complexity index is 1390. The summed E-state index contributed by atoms with van der Waals surface area (Å²) in [5, 5.41) is 26.8. The zero-order chi connectivity index (χ0) is 32.6. The lowest BCUT2D eigenvalue weighted by atomic mass is 9.86. The van der Waals surface area contributed by atoms with Gasteiger partial charge in [0.1, 0.15) is 11.9 Å². The summed E-state index contributed by atoms with van der Waals surface area (Å²) in [4.78, 5) is 13.2. The van der Waals surface area contributed by atoms with Crippen molar-refractivity contribution >= 4 is 21.8 Å². The molecule has 0 bridgehead atoms. The van der Waals surface area contributed by atoms with Gasteiger partial charge in [0.2, 0.25) is 10.0 Å². The molecule has 2 aromatic rings. The SMILES string of the molecule is COc1ccc(S(=O)(=O)N(CC(O)[C@H](Cc2ccccc2)NC(=O)OC2COC3OCCC23)CC(C)(C)CCC(C)=NO)cc1. The molecular formula is C32H45N3O9S. The lowest BCUT2D eigenvalue weighted by molar-refractivity contribution is -0.0907. The van der Waals surface area contributed by atoms with Gasteiger partial charge in [0.15, 0.2) is 6.29 Å². The van der Waals surface area contributed by atoms with Crippen LogP contribution < -0.4 is 10.1 Å². The van der Waals surface area contributed by atoms with E-state index in [-0.39, 0.29) is 43.2 Å². The third-order valence-corrected chi connectivity index (χ3v) is 10.2. The summed E-state index contributed by atoms with van der Waals surface area (Å²) in [7, 11) is -2.60. The van der Waals surface area contributed by atoms with E-state index >= 15 is 0 Å². The molecule has 0 saturated carbocycles. The monoisotopic (exact) mass is 647 g/mol. The van der Waals surface area contributed by atoms with Crippen LogP contribution in [0.2, 0.25) is 0 Å². The number of hydrogen-bond acceptors (Lipinski definition) is 10. The van der Waals surface area contributed by atoms with Gasteiger partial charge in [0.25, 0.3) is 0 Å². The lowest BCUT2D eigenvalue weighted by Gasteiger charge is -2.35. The van der Waals surface area contributed by atoms with Crippen LogP contribution in [-0.4, -0.2) is 92.8 Å². The molecule has 1 amide bonds. The summed E-state index contributed by atoms with van der Waals surface area (Å²) in [5.74, 6) is 0.452. The summed E-state index contributed by atoms with van der Waals surface area (Å²) in [6, 6.07) is 14.5. The Hall–Kier alpha value is -3.23. The Balaban J connectivity index is 1.57. The second kappa shape index (κ2) is 15.4. The third kappa shape index (κ3) is 9.39. The molecule has 2 aromatic carbocycles. The molecular weight excluding hydrogens is 602 g/mol. The second-order valence-corrected chi connectivity index (χ2v) is 14.4. The van der Waals surface area contributed by atoms with E-state index in [1.54, 1.807) is 19.1 Å². The molecule has 2 aliphatic heterocycles. The molecule has 45 heavy (non-hydrogen) atoms. The molecule has 5 atom stereocenters. The van der Waals surface area contributed by atoms with E-state index in [9.17, 15) is 18.3 Å². The number of carbonyl (C=O) groups excluding carboxylic acids is 1. The maximum Gasteiger partial charge on any atom is 0.407 e. The van der Waals surface area contributed by atoms with Crippen LogP contribution in [0.15, 0.2) is 64.6 Å². The fourth-order valence-electron chi connectivity index (χ4n) is 5.63. The molecule has 0 radical (unpaired) electrons. The highest BCUT2D eigenvalue weighted by Gasteiger charge is 2.44. The number of methoxy groups -OCH3 is 1. The van der Waals surface area contributed by atoms with Gasteiger partial charge in [-0.25, -0.2) is 13.2 Å². The van der Waals surface area contributed by atoms with Crippen molar-refractivity contribution in [3.05, 3.63) is 60.2 Å². The Labute approximate surface area is 265 Å². The minimum Gasteiger partial charge on any atom is -0.497 e. The average Bonchev–Trinajstić information content (AvgIpc) is 3.65. The number of fused-ring (bicyclic) bond motifs is 1. The number of aliphatic hydroxyl groups is 1. The third-order valence-electron chi connectivity index (χ3n) is 8.34. The van der Waals surface area contributed by atoms with Crippen LogP contribution in [-0.2, 0) is 30.7 Å². The van der Waals surface area contributed by atoms with Crippen LogP contribution in [0, 0.1) is 11.3 Å². The molecule has 0 aliphatic carbocycles. The Kier molecular flexibility index (Phi) is 11.8. The summed E-state index contributed by atoms with van der Waals surface area (Å²) in [5.41, 5.74) is 0.815. The fraction of sp³-hybridized carbons (Fsp3) is 0.562. The van der Waals surface area contributed by atoms with E-state index < -0.39 is 39.8 Å². The summed E-state index contributed by atoms with van der Waals surface area (Å²) >= 11 is 0. The summed E-state index contributed by atoms with van der Waals surface area (Å²) in [6.45, 7) is 6.05. The molecule has 248 valence electrons. The highest BCUT2D eigenvalue weighted by molar-refractivity contribution is 7.89. The number of oxime groups is 1. The first kappa shape index (κ1) is 34.6. The number of ether oxygens (including phenoxy) is 4. The molecule has 4 unspecified atom stereocenters. The molecule has 2 aliphatic rings. The van der Waals surface area contributed by atoms with E-state index in [4.69, 9.17) is 24.2 Å². The van der Waals surface area contributed by atoms with Gasteiger partial charge in [-0.15, -0.1) is 0 Å². The largest absolute Gasteiger partial charge is 0.497 e. The number of rotatable bonds is 15. The smallest absolute Gasteiger partial charge is 0.407 e. The number of alkyl carbamates (subject to hydrolysis) is 1. The van der Waals surface area contributed by atoms with Gasteiger partial charge in [-0.2, -0.15) is 4.31 Å². The van der Waals surface area contributed by atoms with Crippen LogP contribution in [0.4, 0.5) is 4.79 Å². The van der Waals surface area contributed by atoms with Gasteiger partial charge >= 0.3 is 6.09 Å². The first-order chi connectivity index (χ1) is 21.4. The lowest BCUT2D eigenvalue weighted by Crippen LogP contribution is -2.52. The minimum atomic E-state index is -4.10. The summed E-state index contributed by atoms with van der Waals surface area (Å²) < 4.78 is 51.4. The van der Waals surface area contributed by atoms with Crippen molar-refractivity contribution in [1.29, 1.82) is 0 Å². The second-order valence-electron chi connectivity index (χ2n) is 12.4. The van der Waals surface area contributed by atoms with Crippen LogP contribution in [0.3, 0.4) is 0 Å². The highest BCUT2D eigenvalue weighted by atomic mass is 32.2. The fourth-order valence-corrected chi connectivity index (χ4v) is 7.27. The molecule has 13 heteroatoms. The van der Waals surface area contributed by atoms with Crippen molar-refractivity contribution in [2.45, 2.75) is 75.9 Å². The van der Waals surface area contributed by atoms with Crippen molar-refractivity contribution in [2.24, 2.45) is 16.5 Å². The van der Waals surface area contributed by atoms with Gasteiger partial charge in [0.05, 0.1) is 49.0 Å². The molecule has 2 heterocycles. The molecule has 0 aromatic heterocycles. The molecule has 2 saturated heterocycles. The number of sulfonamides is 1. The van der Waals surface area contributed by atoms with Crippen LogP contribution in [0.5, 0.6) is 5.75 Å². The van der Waals surface area contributed by atoms with Gasteiger partial charge in [-0.05, 0) is 67.9 Å². The topological polar surface area (TPSA) is 156 Å². The Morgan fingerprint density at radius 3 is 2.53 bits per heavy atom. The van der Waals surface area contributed by atoms with E-state index in [0.29, 0.717) is 30.9 Å².